The van der Waals surface area contributed by atoms with E-state index in [9.17, 15) is 5.21 Å². The zero-order chi connectivity index (χ0) is 6.20. The van der Waals surface area contributed by atoms with Crippen LogP contribution < -0.4 is 5.06 Å². The topological polar surface area (TPSA) is 27.5 Å². The van der Waals surface area contributed by atoms with Gasteiger partial charge in [0.15, 0.2) is 0 Å². The number of hydrogen-bond donors (Lipinski definition) is 1. The van der Waals surface area contributed by atoms with E-state index in [4.69, 9.17) is 0 Å². The van der Waals surface area contributed by atoms with Crippen molar-refractivity contribution in [3.8, 4) is 0 Å². The smallest absolute Gasteiger partial charge is 0.0877 e. The molecule has 1 aliphatic rings. The molecule has 2 heteroatoms. The van der Waals surface area contributed by atoms with Gasteiger partial charge in [-0.25, -0.2) is 0 Å². The van der Waals surface area contributed by atoms with Crippen molar-refractivity contribution in [3.05, 3.63) is 5.21 Å². The van der Waals surface area contributed by atoms with Crippen LogP contribution >= 0.6 is 0 Å². The van der Waals surface area contributed by atoms with Crippen LogP contribution in [0.1, 0.15) is 20.3 Å². The highest BCUT2D eigenvalue weighted by molar-refractivity contribution is 4.76. The van der Waals surface area contributed by atoms with Gasteiger partial charge in [-0.1, -0.05) is 6.92 Å². The SMILES string of the molecule is CCC1(C)C[NH+]([O-])C1. The van der Waals surface area contributed by atoms with Crippen LogP contribution in [0.2, 0.25) is 0 Å². The van der Waals surface area contributed by atoms with Gasteiger partial charge in [0.2, 0.25) is 0 Å². The van der Waals surface area contributed by atoms with E-state index in [2.05, 4.69) is 13.8 Å². The Kier molecular flexibility index (Phi) is 1.29. The van der Waals surface area contributed by atoms with Gasteiger partial charge >= 0.3 is 0 Å². The second-order valence-electron chi connectivity index (χ2n) is 3.06. The maximum Gasteiger partial charge on any atom is 0.0877 e. The Labute approximate surface area is 50.1 Å². The lowest BCUT2D eigenvalue weighted by molar-refractivity contribution is -0.914. The lowest BCUT2D eigenvalue weighted by atomic mass is 9.81. The number of hydroxylamine groups is 2. The van der Waals surface area contributed by atoms with Crippen LogP contribution in [0.5, 0.6) is 0 Å². The summed E-state index contributed by atoms with van der Waals surface area (Å²) in [6.45, 7) is 5.97. The van der Waals surface area contributed by atoms with Gasteiger partial charge in [0, 0.05) is 0 Å². The Morgan fingerprint density at radius 3 is 2.25 bits per heavy atom. The summed E-state index contributed by atoms with van der Waals surface area (Å²) < 4.78 is 0. The van der Waals surface area contributed by atoms with Crippen molar-refractivity contribution in [1.29, 1.82) is 0 Å². The van der Waals surface area contributed by atoms with Crippen LogP contribution in [0.3, 0.4) is 0 Å². The molecule has 0 atom stereocenters. The highest BCUT2D eigenvalue weighted by atomic mass is 16.5. The summed E-state index contributed by atoms with van der Waals surface area (Å²) in [5.74, 6) is 0. The lowest BCUT2D eigenvalue weighted by Gasteiger charge is -2.46. The quantitative estimate of drug-likeness (QED) is 0.471. The van der Waals surface area contributed by atoms with Gasteiger partial charge in [-0.2, -0.15) is 0 Å². The first-order chi connectivity index (χ1) is 3.66. The number of quaternary nitrogens is 1. The Morgan fingerprint density at radius 2 is 2.12 bits per heavy atom. The predicted octanol–water partition coefficient (Wildman–Crippen LogP) is -0.201. The van der Waals surface area contributed by atoms with Crippen molar-refractivity contribution in [3.63, 3.8) is 0 Å². The first-order valence-electron chi connectivity index (χ1n) is 3.18. The number of hydrogen-bond acceptors (Lipinski definition) is 1. The summed E-state index contributed by atoms with van der Waals surface area (Å²) in [5.41, 5.74) is 0.386. The second kappa shape index (κ2) is 1.71. The van der Waals surface area contributed by atoms with Crippen LogP contribution in [-0.4, -0.2) is 13.1 Å². The summed E-state index contributed by atoms with van der Waals surface area (Å²) >= 11 is 0. The Bertz CT molecular complexity index is 86.5. The average Bonchev–Trinajstić information content (AvgIpc) is 1.63. The van der Waals surface area contributed by atoms with Gasteiger partial charge in [0.25, 0.3) is 0 Å². The van der Waals surface area contributed by atoms with Gasteiger partial charge in [-0.3, -0.25) is 0 Å². The summed E-state index contributed by atoms with van der Waals surface area (Å²) in [7, 11) is 0. The van der Waals surface area contributed by atoms with E-state index in [-0.39, 0.29) is 0 Å². The first-order valence-corrected chi connectivity index (χ1v) is 3.18. The normalized spacial score (nSPS) is 46.1. The van der Waals surface area contributed by atoms with Gasteiger partial charge in [0.1, 0.15) is 0 Å². The van der Waals surface area contributed by atoms with Gasteiger partial charge in [0.05, 0.1) is 18.5 Å². The molecular formula is C6H13NO. The molecule has 1 rings (SSSR count). The molecule has 2 nitrogen and oxygen atoms in total. The lowest BCUT2D eigenvalue weighted by Crippen LogP contribution is -3.18. The van der Waals surface area contributed by atoms with E-state index in [0.29, 0.717) is 10.5 Å². The monoisotopic (exact) mass is 115 g/mol. The van der Waals surface area contributed by atoms with Crippen LogP contribution in [-0.2, 0) is 0 Å². The maximum atomic E-state index is 10.5. The molecule has 0 unspecified atom stereocenters. The van der Waals surface area contributed by atoms with E-state index in [1.54, 1.807) is 0 Å². The fourth-order valence-corrected chi connectivity index (χ4v) is 1.15. The average molecular weight is 115 g/mol. The fourth-order valence-electron chi connectivity index (χ4n) is 1.15. The van der Waals surface area contributed by atoms with Crippen molar-refractivity contribution >= 4 is 0 Å². The molecule has 1 aliphatic heterocycles. The van der Waals surface area contributed by atoms with E-state index in [0.717, 1.165) is 19.5 Å². The maximum absolute atomic E-state index is 10.5. The van der Waals surface area contributed by atoms with Crippen molar-refractivity contribution in [1.82, 2.24) is 0 Å². The third-order valence-electron chi connectivity index (χ3n) is 2.10. The fraction of sp³-hybridized carbons (Fsp3) is 1.00. The summed E-state index contributed by atoms with van der Waals surface area (Å²) in [6, 6.07) is 0. The molecule has 1 fully saturated rings. The van der Waals surface area contributed by atoms with Gasteiger partial charge in [-0.05, 0) is 13.3 Å². The van der Waals surface area contributed by atoms with E-state index in [1.807, 2.05) is 0 Å². The van der Waals surface area contributed by atoms with E-state index >= 15 is 0 Å². The molecule has 0 aromatic heterocycles. The molecule has 1 heterocycles. The molecule has 8 heavy (non-hydrogen) atoms. The molecule has 0 amide bonds. The molecule has 0 saturated carbocycles. The standard InChI is InChI=1S/C6H13NO/c1-3-6(2)4-7(8)5-6/h7H,3-5H2,1-2H3. The first kappa shape index (κ1) is 6.05. The minimum Gasteiger partial charge on any atom is -0.634 e. The van der Waals surface area contributed by atoms with Crippen LogP contribution in [0, 0.1) is 10.6 Å². The Morgan fingerprint density at radius 1 is 1.62 bits per heavy atom. The Hall–Kier alpha value is -0.0800. The van der Waals surface area contributed by atoms with Crippen LogP contribution in [0.25, 0.3) is 0 Å². The molecule has 0 aromatic rings. The Balaban J connectivity index is 2.30. The largest absolute Gasteiger partial charge is 0.634 e. The van der Waals surface area contributed by atoms with Crippen LogP contribution in [0.4, 0.5) is 0 Å². The highest BCUT2D eigenvalue weighted by Gasteiger charge is 2.37. The summed E-state index contributed by atoms with van der Waals surface area (Å²) in [4.78, 5) is 0. The van der Waals surface area contributed by atoms with Crippen molar-refractivity contribution in [2.75, 3.05) is 13.1 Å². The molecule has 0 aromatic carbocycles. The van der Waals surface area contributed by atoms with Crippen molar-refractivity contribution in [2.24, 2.45) is 5.41 Å². The third-order valence-corrected chi connectivity index (χ3v) is 2.10. The van der Waals surface area contributed by atoms with Crippen molar-refractivity contribution in [2.45, 2.75) is 20.3 Å². The highest BCUT2D eigenvalue weighted by Crippen LogP contribution is 2.20. The van der Waals surface area contributed by atoms with E-state index in [1.165, 1.54) is 0 Å². The molecule has 48 valence electrons. The second-order valence-corrected chi connectivity index (χ2v) is 3.06. The molecule has 0 aliphatic carbocycles. The molecule has 0 bridgehead atoms. The van der Waals surface area contributed by atoms with Gasteiger partial charge in [-0.15, -0.1) is 0 Å². The number of nitrogens with one attached hydrogen (secondary N) is 1. The predicted molar refractivity (Wildman–Crippen MR) is 32.5 cm³/mol. The molecule has 1 saturated heterocycles. The molecule has 0 spiro atoms. The minimum atomic E-state index is 0.386. The third kappa shape index (κ3) is 0.858. The van der Waals surface area contributed by atoms with Crippen LogP contribution in [0.15, 0.2) is 0 Å². The molecule has 0 radical (unpaired) electrons. The van der Waals surface area contributed by atoms with E-state index < -0.39 is 0 Å². The summed E-state index contributed by atoms with van der Waals surface area (Å²) in [6.07, 6.45) is 1.15. The molecule has 1 N–H and O–H groups in total. The zero-order valence-electron chi connectivity index (χ0n) is 5.53. The number of rotatable bonds is 1. The minimum absolute atomic E-state index is 0.386. The summed E-state index contributed by atoms with van der Waals surface area (Å²) in [5, 5.41) is 10.9. The van der Waals surface area contributed by atoms with Crippen molar-refractivity contribution < 1.29 is 5.06 Å². The van der Waals surface area contributed by atoms with Gasteiger partial charge < -0.3 is 10.3 Å². The molecular weight excluding hydrogens is 102 g/mol. The zero-order valence-corrected chi connectivity index (χ0v) is 5.53.